The second-order valence-electron chi connectivity index (χ2n) is 11.4. The number of hydrogen-bond donors (Lipinski definition) is 1. The van der Waals surface area contributed by atoms with Crippen LogP contribution >= 0.6 is 0 Å². The molecule has 4 aromatic rings. The molecule has 6 atom stereocenters. The average Bonchev–Trinajstić information content (AvgIpc) is 3.77. The summed E-state index contributed by atoms with van der Waals surface area (Å²) in [4.78, 5) is 0. The highest BCUT2D eigenvalue weighted by atomic mass is 16.6. The Hall–Kier alpha value is -3.36. The van der Waals surface area contributed by atoms with Gasteiger partial charge in [-0.1, -0.05) is 121 Å². The van der Waals surface area contributed by atoms with Crippen LogP contribution in [0.5, 0.6) is 0 Å². The van der Waals surface area contributed by atoms with E-state index in [0.29, 0.717) is 39.5 Å². The Kier molecular flexibility index (Phi) is 9.95. The van der Waals surface area contributed by atoms with Crippen LogP contribution in [0, 0.1) is 5.92 Å². The molecule has 1 saturated carbocycles. The van der Waals surface area contributed by atoms with Crippen molar-refractivity contribution < 1.29 is 28.8 Å². The summed E-state index contributed by atoms with van der Waals surface area (Å²) in [6.45, 7) is 2.01. The van der Waals surface area contributed by atoms with Crippen molar-refractivity contribution in [3.8, 4) is 0 Å². The number of rotatable bonds is 14. The fourth-order valence-corrected chi connectivity index (χ4v) is 6.03. The highest BCUT2D eigenvalue weighted by Gasteiger charge is 2.68. The Bertz CT molecular complexity index is 1370. The van der Waals surface area contributed by atoms with Crippen LogP contribution in [0.25, 0.3) is 0 Å². The van der Waals surface area contributed by atoms with E-state index in [9.17, 15) is 5.11 Å². The van der Waals surface area contributed by atoms with Crippen molar-refractivity contribution in [2.24, 2.45) is 5.92 Å². The maximum absolute atomic E-state index is 10.3. The summed E-state index contributed by atoms with van der Waals surface area (Å²) in [5.74, 6) is -0.0530. The van der Waals surface area contributed by atoms with Gasteiger partial charge in [0.2, 0.25) is 0 Å². The summed E-state index contributed by atoms with van der Waals surface area (Å²) in [6.07, 6.45) is -1.09. The lowest BCUT2D eigenvalue weighted by atomic mass is 9.91. The lowest BCUT2D eigenvalue weighted by Crippen LogP contribution is -2.63. The third kappa shape index (κ3) is 7.42. The summed E-state index contributed by atoms with van der Waals surface area (Å²) in [5.41, 5.74) is 3.61. The summed E-state index contributed by atoms with van der Waals surface area (Å²) >= 11 is 0. The zero-order chi connectivity index (χ0) is 29.3. The van der Waals surface area contributed by atoms with Crippen molar-refractivity contribution in [2.45, 2.75) is 62.9 Å². The van der Waals surface area contributed by atoms with Crippen LogP contribution in [0.2, 0.25) is 0 Å². The third-order valence-electron chi connectivity index (χ3n) is 8.39. The first kappa shape index (κ1) is 29.7. The predicted molar refractivity (Wildman–Crippen MR) is 164 cm³/mol. The Morgan fingerprint density at radius 1 is 0.581 bits per heavy atom. The second kappa shape index (κ2) is 14.4. The van der Waals surface area contributed by atoms with Crippen molar-refractivity contribution in [2.75, 3.05) is 13.2 Å². The van der Waals surface area contributed by atoms with E-state index in [0.717, 1.165) is 22.3 Å². The van der Waals surface area contributed by atoms with Crippen LogP contribution in [0.1, 0.15) is 28.7 Å². The summed E-state index contributed by atoms with van der Waals surface area (Å²) in [6, 6.07) is 40.5. The van der Waals surface area contributed by atoms with Crippen LogP contribution in [0.4, 0.5) is 0 Å². The number of aliphatic hydroxyl groups is 1. The van der Waals surface area contributed by atoms with Gasteiger partial charge in [0.15, 0.2) is 0 Å². The van der Waals surface area contributed by atoms with Gasteiger partial charge in [0.25, 0.3) is 0 Å². The molecule has 2 fully saturated rings. The molecule has 224 valence electrons. The first-order chi connectivity index (χ1) is 21.2. The van der Waals surface area contributed by atoms with E-state index in [2.05, 4.69) is 48.5 Å². The fraction of sp³-hybridized carbons (Fsp3) is 0.351. The van der Waals surface area contributed by atoms with Gasteiger partial charge in [-0.05, 0) is 28.7 Å². The minimum atomic E-state index is -0.682. The van der Waals surface area contributed by atoms with E-state index >= 15 is 0 Å². The van der Waals surface area contributed by atoms with Crippen molar-refractivity contribution in [1.29, 1.82) is 0 Å². The summed E-state index contributed by atoms with van der Waals surface area (Å²) < 4.78 is 33.3. The normalized spacial score (nSPS) is 26.4. The molecular weight excluding hydrogens is 540 g/mol. The molecule has 1 saturated heterocycles. The van der Waals surface area contributed by atoms with E-state index in [4.69, 9.17) is 23.7 Å². The molecule has 1 aliphatic carbocycles. The Morgan fingerprint density at radius 2 is 1.02 bits per heavy atom. The minimum Gasteiger partial charge on any atom is -0.396 e. The molecular formula is C37H40O6. The van der Waals surface area contributed by atoms with Crippen LogP contribution < -0.4 is 0 Å². The molecule has 0 unspecified atom stereocenters. The highest BCUT2D eigenvalue weighted by Crippen LogP contribution is 2.56. The second-order valence-corrected chi connectivity index (χ2v) is 11.4. The third-order valence-corrected chi connectivity index (χ3v) is 8.39. The molecule has 1 aliphatic heterocycles. The maximum Gasteiger partial charge on any atom is 0.116 e. The first-order valence-electron chi connectivity index (χ1n) is 15.1. The Labute approximate surface area is 254 Å². The van der Waals surface area contributed by atoms with Gasteiger partial charge in [-0.3, -0.25) is 0 Å². The molecule has 4 aromatic carbocycles. The van der Waals surface area contributed by atoms with Crippen molar-refractivity contribution >= 4 is 0 Å². The first-order valence-corrected chi connectivity index (χ1v) is 15.1. The molecule has 2 aliphatic rings. The molecule has 1 N–H and O–H groups in total. The van der Waals surface area contributed by atoms with Gasteiger partial charge in [-0.2, -0.15) is 0 Å². The zero-order valence-corrected chi connectivity index (χ0v) is 24.4. The number of benzene rings is 4. The lowest BCUT2D eigenvalue weighted by Gasteiger charge is -2.47. The minimum absolute atomic E-state index is 0.0176. The smallest absolute Gasteiger partial charge is 0.116 e. The van der Waals surface area contributed by atoms with Gasteiger partial charge in [-0.25, -0.2) is 0 Å². The molecule has 1 heterocycles. The molecule has 0 bridgehead atoms. The summed E-state index contributed by atoms with van der Waals surface area (Å²) in [7, 11) is 0. The van der Waals surface area contributed by atoms with Crippen LogP contribution in [-0.4, -0.2) is 48.3 Å². The van der Waals surface area contributed by atoms with E-state index in [1.165, 1.54) is 0 Å². The Balaban J connectivity index is 1.29. The van der Waals surface area contributed by atoms with Gasteiger partial charge < -0.3 is 28.8 Å². The van der Waals surface area contributed by atoms with Crippen LogP contribution in [0.15, 0.2) is 121 Å². The predicted octanol–water partition coefficient (Wildman–Crippen LogP) is 6.11. The fourth-order valence-electron chi connectivity index (χ4n) is 6.03. The number of ether oxygens (including phenoxy) is 5. The van der Waals surface area contributed by atoms with Crippen molar-refractivity contribution in [1.82, 2.24) is 0 Å². The SMILES string of the molecule is OC[C@@H]1C[C@@]12O[C@H](COCc1ccccc1)[C@@H](OCc1ccccc1)[C@H](OCc1ccccc1)[C@@H]2OCc1ccccc1. The molecule has 6 rings (SSSR count). The monoisotopic (exact) mass is 580 g/mol. The van der Waals surface area contributed by atoms with Crippen molar-refractivity contribution in [3.05, 3.63) is 144 Å². The topological polar surface area (TPSA) is 66.4 Å². The van der Waals surface area contributed by atoms with E-state index < -0.39 is 30.0 Å². The zero-order valence-electron chi connectivity index (χ0n) is 24.4. The molecule has 6 heteroatoms. The molecule has 0 radical (unpaired) electrons. The van der Waals surface area contributed by atoms with E-state index in [1.807, 2.05) is 72.8 Å². The molecule has 43 heavy (non-hydrogen) atoms. The van der Waals surface area contributed by atoms with Crippen molar-refractivity contribution in [3.63, 3.8) is 0 Å². The van der Waals surface area contributed by atoms with E-state index in [-0.39, 0.29) is 12.5 Å². The molecule has 1 spiro atoms. The molecule has 6 nitrogen and oxygen atoms in total. The van der Waals surface area contributed by atoms with Crippen LogP contribution in [-0.2, 0) is 50.1 Å². The highest BCUT2D eigenvalue weighted by molar-refractivity contribution is 5.20. The standard InChI is InChI=1S/C37H40O6/c38-22-32-21-37(32)36(42-26-31-19-11-4-12-20-31)35(41-25-30-17-9-3-10-18-30)34(40-24-29-15-7-2-8-16-29)33(43-37)27-39-23-28-13-5-1-6-14-28/h1-20,32-36,38H,21-27H2/t32-,33+,34+,35-,36-,37+/m0/s1. The Morgan fingerprint density at radius 3 is 1.49 bits per heavy atom. The maximum atomic E-state index is 10.3. The van der Waals surface area contributed by atoms with E-state index in [1.54, 1.807) is 0 Å². The lowest BCUT2D eigenvalue weighted by molar-refractivity contribution is -0.286. The number of aliphatic hydroxyl groups excluding tert-OH is 1. The van der Waals surface area contributed by atoms with Crippen LogP contribution in [0.3, 0.4) is 0 Å². The average molecular weight is 581 g/mol. The van der Waals surface area contributed by atoms with Gasteiger partial charge >= 0.3 is 0 Å². The largest absolute Gasteiger partial charge is 0.396 e. The quantitative estimate of drug-likeness (QED) is 0.194. The number of hydrogen-bond acceptors (Lipinski definition) is 6. The van der Waals surface area contributed by atoms with Gasteiger partial charge in [0.1, 0.15) is 30.0 Å². The summed E-state index contributed by atoms with van der Waals surface area (Å²) in [5, 5.41) is 10.3. The van der Waals surface area contributed by atoms with Gasteiger partial charge in [-0.15, -0.1) is 0 Å². The molecule has 0 amide bonds. The molecule has 0 aromatic heterocycles. The van der Waals surface area contributed by atoms with Gasteiger partial charge in [0, 0.05) is 12.5 Å². The van der Waals surface area contributed by atoms with Gasteiger partial charge in [0.05, 0.1) is 33.0 Å².